The van der Waals surface area contributed by atoms with Crippen LogP contribution in [0.1, 0.15) is 67.9 Å². The van der Waals surface area contributed by atoms with E-state index >= 15 is 0 Å². The van der Waals surface area contributed by atoms with Crippen molar-refractivity contribution in [2.45, 2.75) is 87.0 Å². The lowest BCUT2D eigenvalue weighted by Gasteiger charge is -2.22. The molecule has 0 saturated carbocycles. The van der Waals surface area contributed by atoms with Crippen LogP contribution in [0.4, 0.5) is 4.79 Å². The zero-order valence-electron chi connectivity index (χ0n) is 23.9. The molecule has 214 valence electrons. The quantitative estimate of drug-likeness (QED) is 0.283. The van der Waals surface area contributed by atoms with Gasteiger partial charge in [0.15, 0.2) is 11.5 Å². The number of nitrogens with two attached hydrogens (primary N) is 1. The zero-order valence-corrected chi connectivity index (χ0v) is 23.9. The molecule has 10 heteroatoms. The van der Waals surface area contributed by atoms with Gasteiger partial charge in [-0.15, -0.1) is 0 Å². The molecule has 0 aromatic heterocycles. The van der Waals surface area contributed by atoms with Gasteiger partial charge in [0.1, 0.15) is 18.2 Å². The Labute approximate surface area is 225 Å². The minimum atomic E-state index is -1.06. The van der Waals surface area contributed by atoms with Gasteiger partial charge in [0.25, 0.3) is 0 Å². The second-order valence-corrected chi connectivity index (χ2v) is 10.1. The van der Waals surface area contributed by atoms with Crippen molar-refractivity contribution < 1.29 is 42.9 Å². The summed E-state index contributed by atoms with van der Waals surface area (Å²) in [6, 6.07) is 3.62. The van der Waals surface area contributed by atoms with Gasteiger partial charge in [0, 0.05) is 0 Å². The molecule has 10 nitrogen and oxygen atoms in total. The second-order valence-electron chi connectivity index (χ2n) is 10.1. The highest BCUT2D eigenvalue weighted by molar-refractivity contribution is 5.79. The molecule has 38 heavy (non-hydrogen) atoms. The minimum Gasteiger partial charge on any atom is -0.458 e. The maximum Gasteiger partial charge on any atom is 0.508 e. The molecule has 0 saturated heterocycles. The van der Waals surface area contributed by atoms with Crippen LogP contribution in [0.25, 0.3) is 0 Å². The standard InChI is InChI=1S/C28H43NO9/c1-10-34-28(33)36-20(9)19(8)35-27(32)22(29)13-21-11-12-23(37-25(30)17(6)15(2)3)24(14-21)38-26(31)18(7)16(4)5/h11-12,14-20,22H,10,13,29H2,1-9H3/t17?,18?,19-,20?,22-/m0/s1. The lowest BCUT2D eigenvalue weighted by molar-refractivity contribution is -0.155. The molecule has 3 unspecified atom stereocenters. The number of ether oxygens (including phenoxy) is 5. The van der Waals surface area contributed by atoms with Gasteiger partial charge in [-0.25, -0.2) is 4.79 Å². The minimum absolute atomic E-state index is 0.0398. The molecule has 1 aromatic carbocycles. The predicted molar refractivity (Wildman–Crippen MR) is 141 cm³/mol. The number of hydrogen-bond acceptors (Lipinski definition) is 10. The van der Waals surface area contributed by atoms with Crippen molar-refractivity contribution in [3.8, 4) is 11.5 Å². The number of hydrogen-bond donors (Lipinski definition) is 1. The van der Waals surface area contributed by atoms with E-state index in [4.69, 9.17) is 29.4 Å². The Bertz CT molecular complexity index is 960. The van der Waals surface area contributed by atoms with E-state index < -0.39 is 48.2 Å². The first kappa shape index (κ1) is 32.9. The summed E-state index contributed by atoms with van der Waals surface area (Å²) < 4.78 is 26.3. The van der Waals surface area contributed by atoms with Crippen LogP contribution in [0.3, 0.4) is 0 Å². The molecular formula is C28H43NO9. The fourth-order valence-electron chi connectivity index (χ4n) is 2.89. The van der Waals surface area contributed by atoms with Gasteiger partial charge >= 0.3 is 24.1 Å². The summed E-state index contributed by atoms with van der Waals surface area (Å²) >= 11 is 0. The van der Waals surface area contributed by atoms with Gasteiger partial charge in [-0.05, 0) is 56.7 Å². The van der Waals surface area contributed by atoms with Gasteiger partial charge in [-0.2, -0.15) is 0 Å². The smallest absolute Gasteiger partial charge is 0.458 e. The molecule has 5 atom stereocenters. The van der Waals surface area contributed by atoms with Gasteiger partial charge in [-0.3, -0.25) is 14.4 Å². The van der Waals surface area contributed by atoms with Crippen LogP contribution in [0.15, 0.2) is 18.2 Å². The van der Waals surface area contributed by atoms with Crippen molar-refractivity contribution in [3.63, 3.8) is 0 Å². The van der Waals surface area contributed by atoms with Crippen LogP contribution in [0.2, 0.25) is 0 Å². The average Bonchev–Trinajstić information content (AvgIpc) is 2.84. The van der Waals surface area contributed by atoms with E-state index in [0.29, 0.717) is 5.56 Å². The van der Waals surface area contributed by atoms with Crippen LogP contribution in [0, 0.1) is 23.7 Å². The summed E-state index contributed by atoms with van der Waals surface area (Å²) in [6.07, 6.45) is -2.32. The van der Waals surface area contributed by atoms with Crippen LogP contribution in [0.5, 0.6) is 11.5 Å². The molecule has 1 aromatic rings. The highest BCUT2D eigenvalue weighted by atomic mass is 16.7. The molecule has 0 bridgehead atoms. The number of carbonyl (C=O) groups is 4. The van der Waals surface area contributed by atoms with E-state index in [0.717, 1.165) is 0 Å². The summed E-state index contributed by atoms with van der Waals surface area (Å²) in [5, 5.41) is 0. The maximum absolute atomic E-state index is 12.7. The Morgan fingerprint density at radius 1 is 0.737 bits per heavy atom. The monoisotopic (exact) mass is 537 g/mol. The molecule has 1 rings (SSSR count). The molecule has 0 aliphatic carbocycles. The van der Waals surface area contributed by atoms with Crippen molar-refractivity contribution in [3.05, 3.63) is 23.8 Å². The first-order chi connectivity index (χ1) is 17.7. The molecule has 0 fully saturated rings. The van der Waals surface area contributed by atoms with E-state index in [2.05, 4.69) is 0 Å². The van der Waals surface area contributed by atoms with E-state index in [1.165, 1.54) is 12.1 Å². The van der Waals surface area contributed by atoms with Crippen molar-refractivity contribution in [1.29, 1.82) is 0 Å². The topological polar surface area (TPSA) is 140 Å². The Kier molecular flexibility index (Phi) is 13.3. The Balaban J connectivity index is 3.04. The Hall–Kier alpha value is -3.14. The maximum atomic E-state index is 12.7. The van der Waals surface area contributed by atoms with Crippen molar-refractivity contribution >= 4 is 24.1 Å². The Morgan fingerprint density at radius 3 is 1.74 bits per heavy atom. The average molecular weight is 538 g/mol. The normalized spacial score (nSPS) is 15.2. The van der Waals surface area contributed by atoms with E-state index in [-0.39, 0.29) is 42.3 Å². The van der Waals surface area contributed by atoms with Gasteiger partial charge in [-0.1, -0.05) is 47.6 Å². The van der Waals surface area contributed by atoms with Gasteiger partial charge in [0.05, 0.1) is 18.4 Å². The fraction of sp³-hybridized carbons (Fsp3) is 0.643. The third-order valence-electron chi connectivity index (χ3n) is 6.44. The number of carbonyl (C=O) groups excluding carboxylic acids is 4. The third-order valence-corrected chi connectivity index (χ3v) is 6.44. The van der Waals surface area contributed by atoms with Crippen LogP contribution in [-0.2, 0) is 35.0 Å². The fourth-order valence-corrected chi connectivity index (χ4v) is 2.89. The van der Waals surface area contributed by atoms with Gasteiger partial charge < -0.3 is 29.4 Å². The first-order valence-electron chi connectivity index (χ1n) is 13.0. The van der Waals surface area contributed by atoms with Crippen molar-refractivity contribution in [2.75, 3.05) is 6.61 Å². The van der Waals surface area contributed by atoms with Crippen LogP contribution >= 0.6 is 0 Å². The van der Waals surface area contributed by atoms with Crippen molar-refractivity contribution in [2.24, 2.45) is 29.4 Å². The molecule has 2 N–H and O–H groups in total. The lowest BCUT2D eigenvalue weighted by atomic mass is 9.98. The summed E-state index contributed by atoms with van der Waals surface area (Å²) in [5.74, 6) is -2.12. The number of esters is 3. The highest BCUT2D eigenvalue weighted by Gasteiger charge is 2.27. The second kappa shape index (κ2) is 15.3. The van der Waals surface area contributed by atoms with E-state index in [1.807, 2.05) is 27.7 Å². The SMILES string of the molecule is CCOC(=O)OC(C)[C@H](C)OC(=O)[C@@H](N)Cc1ccc(OC(=O)C(C)C(C)C)c(OC(=O)C(C)C(C)C)c1. The molecule has 0 heterocycles. The molecule has 0 aliphatic heterocycles. The summed E-state index contributed by atoms with van der Waals surface area (Å²) in [7, 11) is 0. The molecule has 0 radical (unpaired) electrons. The third kappa shape index (κ3) is 10.3. The highest BCUT2D eigenvalue weighted by Crippen LogP contribution is 2.31. The summed E-state index contributed by atoms with van der Waals surface area (Å²) in [4.78, 5) is 49.3. The largest absolute Gasteiger partial charge is 0.508 e. The van der Waals surface area contributed by atoms with Gasteiger partial charge in [0.2, 0.25) is 0 Å². The first-order valence-corrected chi connectivity index (χ1v) is 13.0. The Morgan fingerprint density at radius 2 is 1.24 bits per heavy atom. The molecular weight excluding hydrogens is 494 g/mol. The lowest BCUT2D eigenvalue weighted by Crippen LogP contribution is -2.39. The summed E-state index contributed by atoms with van der Waals surface area (Å²) in [5.41, 5.74) is 6.64. The number of benzene rings is 1. The predicted octanol–water partition coefficient (Wildman–Crippen LogP) is 4.44. The van der Waals surface area contributed by atoms with E-state index in [1.54, 1.807) is 40.7 Å². The molecule has 0 amide bonds. The molecule has 0 spiro atoms. The van der Waals surface area contributed by atoms with Crippen LogP contribution in [-0.4, -0.2) is 48.9 Å². The number of rotatable bonds is 13. The summed E-state index contributed by atoms with van der Waals surface area (Å²) in [6.45, 7) is 16.1. The molecule has 0 aliphatic rings. The van der Waals surface area contributed by atoms with Crippen molar-refractivity contribution in [1.82, 2.24) is 0 Å². The van der Waals surface area contributed by atoms with Crippen LogP contribution < -0.4 is 15.2 Å². The van der Waals surface area contributed by atoms with E-state index in [9.17, 15) is 19.2 Å². The zero-order chi connectivity index (χ0) is 29.2.